The zero-order valence-electron chi connectivity index (χ0n) is 9.84. The molecule has 0 aromatic carbocycles. The van der Waals surface area contributed by atoms with Gasteiger partial charge in [-0.05, 0) is 12.1 Å². The summed E-state index contributed by atoms with van der Waals surface area (Å²) in [4.78, 5) is 16.9. The third-order valence-electron chi connectivity index (χ3n) is 2.12. The van der Waals surface area contributed by atoms with Crippen LogP contribution in [0.15, 0.2) is 18.3 Å². The minimum atomic E-state index is -2.62. The molecule has 0 spiro atoms. The molecule has 1 aromatic heterocycles. The smallest absolute Gasteiger partial charge is 0.276 e. The molecule has 0 aliphatic heterocycles. The van der Waals surface area contributed by atoms with Crippen LogP contribution in [0.4, 0.5) is 8.78 Å². The minimum absolute atomic E-state index is 0.00703. The molecule has 7 heteroatoms. The van der Waals surface area contributed by atoms with Crippen LogP contribution >= 0.6 is 0 Å². The average Bonchev–Trinajstić information content (AvgIpc) is 2.36. The van der Waals surface area contributed by atoms with Crippen molar-refractivity contribution in [3.63, 3.8) is 0 Å². The van der Waals surface area contributed by atoms with E-state index in [1.807, 2.05) is 0 Å². The average molecular weight is 260 g/mol. The summed E-state index contributed by atoms with van der Waals surface area (Å²) in [5, 5.41) is 8.73. The Labute approximate surface area is 103 Å². The maximum atomic E-state index is 12.1. The molecular formula is C11H14F2N2O3. The van der Waals surface area contributed by atoms with Gasteiger partial charge in [-0.3, -0.25) is 4.79 Å². The minimum Gasteiger partial charge on any atom is -0.485 e. The number of hydrogen-bond donors (Lipinski definition) is 1. The molecule has 0 aliphatic rings. The standard InChI is InChI=1S/C11H14F2N2O3/c1-15(5-6-16)11(17)10-8(3-2-4-14-10)18-7-9(12)13/h2-4,9,16H,5-7H2,1H3. The molecule has 1 rings (SSSR count). The summed E-state index contributed by atoms with van der Waals surface area (Å²) in [6.45, 7) is -0.859. The lowest BCUT2D eigenvalue weighted by Crippen LogP contribution is -2.30. The van der Waals surface area contributed by atoms with Crippen LogP contribution in [0.25, 0.3) is 0 Å². The number of aliphatic hydroxyl groups excluding tert-OH is 1. The van der Waals surface area contributed by atoms with E-state index in [-0.39, 0.29) is 24.6 Å². The van der Waals surface area contributed by atoms with E-state index in [1.165, 1.54) is 30.3 Å². The summed E-state index contributed by atoms with van der Waals surface area (Å²) in [7, 11) is 1.48. The van der Waals surface area contributed by atoms with Crippen LogP contribution in [0, 0.1) is 0 Å². The molecule has 100 valence electrons. The van der Waals surface area contributed by atoms with Gasteiger partial charge in [-0.2, -0.15) is 0 Å². The van der Waals surface area contributed by atoms with E-state index in [1.54, 1.807) is 0 Å². The first kappa shape index (κ1) is 14.3. The second-order valence-electron chi connectivity index (χ2n) is 3.50. The maximum absolute atomic E-state index is 12.1. The Hall–Kier alpha value is -1.76. The normalized spacial score (nSPS) is 10.5. The van der Waals surface area contributed by atoms with Crippen LogP contribution < -0.4 is 4.74 Å². The molecule has 0 unspecified atom stereocenters. The molecule has 0 saturated carbocycles. The van der Waals surface area contributed by atoms with Gasteiger partial charge in [-0.15, -0.1) is 0 Å². The first-order valence-corrected chi connectivity index (χ1v) is 5.28. The summed E-state index contributed by atoms with van der Waals surface area (Å²) in [5.74, 6) is -0.485. The van der Waals surface area contributed by atoms with E-state index in [0.717, 1.165) is 0 Å². The van der Waals surface area contributed by atoms with Gasteiger partial charge in [0.05, 0.1) is 6.61 Å². The summed E-state index contributed by atoms with van der Waals surface area (Å²) in [6.07, 6.45) is -1.25. The molecule has 1 amide bonds. The molecule has 1 N–H and O–H groups in total. The number of likely N-dealkylation sites (N-methyl/N-ethyl adjacent to an activating group) is 1. The Kier molecular flexibility index (Phi) is 5.44. The van der Waals surface area contributed by atoms with Gasteiger partial charge in [0.2, 0.25) is 0 Å². The topological polar surface area (TPSA) is 62.7 Å². The molecule has 0 aliphatic carbocycles. The molecule has 1 heterocycles. The number of ether oxygens (including phenoxy) is 1. The molecule has 1 aromatic rings. The van der Waals surface area contributed by atoms with Crippen molar-refractivity contribution in [2.75, 3.05) is 26.8 Å². The van der Waals surface area contributed by atoms with Gasteiger partial charge in [0, 0.05) is 19.8 Å². The fourth-order valence-electron chi connectivity index (χ4n) is 1.25. The number of pyridine rings is 1. The first-order chi connectivity index (χ1) is 8.56. The molecule has 0 bridgehead atoms. The maximum Gasteiger partial charge on any atom is 0.276 e. The fourth-order valence-corrected chi connectivity index (χ4v) is 1.25. The molecule has 0 fully saturated rings. The van der Waals surface area contributed by atoms with Gasteiger partial charge < -0.3 is 14.7 Å². The number of amides is 1. The highest BCUT2D eigenvalue weighted by atomic mass is 19.3. The molecule has 18 heavy (non-hydrogen) atoms. The van der Waals surface area contributed by atoms with E-state index in [0.29, 0.717) is 0 Å². The molecule has 0 radical (unpaired) electrons. The lowest BCUT2D eigenvalue weighted by molar-refractivity contribution is 0.0714. The Bertz CT molecular complexity index is 402. The number of aromatic nitrogens is 1. The van der Waals surface area contributed by atoms with Gasteiger partial charge >= 0.3 is 0 Å². The van der Waals surface area contributed by atoms with Crippen molar-refractivity contribution in [1.29, 1.82) is 0 Å². The number of aliphatic hydroxyl groups is 1. The van der Waals surface area contributed by atoms with Crippen molar-refractivity contribution in [3.8, 4) is 5.75 Å². The number of halogens is 2. The van der Waals surface area contributed by atoms with Crippen molar-refractivity contribution in [2.24, 2.45) is 0 Å². The highest BCUT2D eigenvalue weighted by Gasteiger charge is 2.18. The van der Waals surface area contributed by atoms with E-state index in [2.05, 4.69) is 4.98 Å². The Morgan fingerprint density at radius 1 is 1.61 bits per heavy atom. The second kappa shape index (κ2) is 6.85. The largest absolute Gasteiger partial charge is 0.485 e. The summed E-state index contributed by atoms with van der Waals surface area (Å²) < 4.78 is 28.9. The van der Waals surface area contributed by atoms with E-state index in [4.69, 9.17) is 9.84 Å². The van der Waals surface area contributed by atoms with Crippen LogP contribution in [0.2, 0.25) is 0 Å². The van der Waals surface area contributed by atoms with Gasteiger partial charge in [0.25, 0.3) is 12.3 Å². The fraction of sp³-hybridized carbons (Fsp3) is 0.455. The van der Waals surface area contributed by atoms with E-state index in [9.17, 15) is 13.6 Å². The predicted molar refractivity (Wildman–Crippen MR) is 59.8 cm³/mol. The zero-order valence-corrected chi connectivity index (χ0v) is 9.84. The van der Waals surface area contributed by atoms with Crippen LogP contribution in [0.5, 0.6) is 5.75 Å². The zero-order chi connectivity index (χ0) is 13.5. The Morgan fingerprint density at radius 2 is 2.33 bits per heavy atom. The Balaban J connectivity index is 2.84. The van der Waals surface area contributed by atoms with Crippen molar-refractivity contribution >= 4 is 5.91 Å². The van der Waals surface area contributed by atoms with E-state index < -0.39 is 18.9 Å². The van der Waals surface area contributed by atoms with Crippen molar-refractivity contribution in [3.05, 3.63) is 24.0 Å². The SMILES string of the molecule is CN(CCO)C(=O)c1ncccc1OCC(F)F. The summed E-state index contributed by atoms with van der Waals surface area (Å²) in [5.41, 5.74) is -0.0471. The van der Waals surface area contributed by atoms with Crippen LogP contribution in [-0.2, 0) is 0 Å². The summed E-state index contributed by atoms with van der Waals surface area (Å²) in [6, 6.07) is 2.89. The van der Waals surface area contributed by atoms with Gasteiger partial charge in [0.1, 0.15) is 6.61 Å². The quantitative estimate of drug-likeness (QED) is 0.821. The molecule has 5 nitrogen and oxygen atoms in total. The third-order valence-corrected chi connectivity index (χ3v) is 2.12. The van der Waals surface area contributed by atoms with Crippen molar-refractivity contribution in [2.45, 2.75) is 6.43 Å². The third kappa shape index (κ3) is 3.92. The number of nitrogens with zero attached hydrogens (tertiary/aromatic N) is 2. The lowest BCUT2D eigenvalue weighted by Gasteiger charge is -2.17. The number of carbonyl (C=O) groups excluding carboxylic acids is 1. The monoisotopic (exact) mass is 260 g/mol. The van der Waals surface area contributed by atoms with Crippen LogP contribution in [0.1, 0.15) is 10.5 Å². The summed E-state index contributed by atoms with van der Waals surface area (Å²) >= 11 is 0. The van der Waals surface area contributed by atoms with Crippen molar-refractivity contribution < 1.29 is 23.4 Å². The highest BCUT2D eigenvalue weighted by molar-refractivity contribution is 5.94. The van der Waals surface area contributed by atoms with Gasteiger partial charge in [-0.1, -0.05) is 0 Å². The molecule has 0 saturated heterocycles. The van der Waals surface area contributed by atoms with Crippen molar-refractivity contribution in [1.82, 2.24) is 9.88 Å². The number of carbonyl (C=O) groups is 1. The molecule has 0 atom stereocenters. The molecular weight excluding hydrogens is 246 g/mol. The number of hydrogen-bond acceptors (Lipinski definition) is 4. The van der Waals surface area contributed by atoms with Crippen LogP contribution in [-0.4, -0.2) is 54.1 Å². The van der Waals surface area contributed by atoms with Gasteiger partial charge in [0.15, 0.2) is 11.4 Å². The highest BCUT2D eigenvalue weighted by Crippen LogP contribution is 2.17. The predicted octanol–water partition coefficient (Wildman–Crippen LogP) is 0.790. The van der Waals surface area contributed by atoms with Crippen LogP contribution in [0.3, 0.4) is 0 Å². The Morgan fingerprint density at radius 3 is 2.94 bits per heavy atom. The number of alkyl halides is 2. The second-order valence-corrected chi connectivity index (χ2v) is 3.50. The first-order valence-electron chi connectivity index (χ1n) is 5.28. The van der Waals surface area contributed by atoms with E-state index >= 15 is 0 Å². The number of rotatable bonds is 6. The lowest BCUT2D eigenvalue weighted by atomic mass is 10.3. The van der Waals surface area contributed by atoms with Gasteiger partial charge in [-0.25, -0.2) is 13.8 Å².